The van der Waals surface area contributed by atoms with Gasteiger partial charge in [0.1, 0.15) is 0 Å². The third kappa shape index (κ3) is 3.92. The summed E-state index contributed by atoms with van der Waals surface area (Å²) in [4.78, 5) is 17.3. The highest BCUT2D eigenvalue weighted by Gasteiger charge is 2.22. The molecule has 0 aliphatic heterocycles. The molecule has 36 heavy (non-hydrogen) atoms. The van der Waals surface area contributed by atoms with Crippen molar-refractivity contribution in [1.29, 1.82) is 0 Å². The van der Waals surface area contributed by atoms with Gasteiger partial charge < -0.3 is 5.32 Å². The first-order valence-corrected chi connectivity index (χ1v) is 13.7. The molecule has 0 saturated carbocycles. The summed E-state index contributed by atoms with van der Waals surface area (Å²) in [6.45, 7) is 0.288. The number of fused-ring (bicyclic) bond motifs is 4. The number of amides is 1. The lowest BCUT2D eigenvalue weighted by Gasteiger charge is -2.09. The number of aromatic nitrogens is 1. The Morgan fingerprint density at radius 2 is 1.64 bits per heavy atom. The molecule has 4 aromatic carbocycles. The zero-order valence-electron chi connectivity index (χ0n) is 19.0. The van der Waals surface area contributed by atoms with E-state index in [9.17, 15) is 13.2 Å². The van der Waals surface area contributed by atoms with E-state index in [2.05, 4.69) is 10.3 Å². The molecule has 0 bridgehead atoms. The molecule has 0 unspecified atom stereocenters. The molecule has 1 amide bonds. The minimum atomic E-state index is -3.71. The number of carbonyl (C=O) groups is 1. The Balaban J connectivity index is 1.23. The molecule has 1 N–H and O–H groups in total. The molecule has 5 nitrogen and oxygen atoms in total. The third-order valence-corrected chi connectivity index (χ3v) is 9.41. The number of hydrogen-bond acceptors (Lipinski definition) is 5. The number of carbonyl (C=O) groups excluding carboxylic acids is 1. The lowest BCUT2D eigenvalue weighted by Crippen LogP contribution is -2.22. The Morgan fingerprint density at radius 3 is 2.50 bits per heavy atom. The normalized spacial score (nSPS) is 11.8. The van der Waals surface area contributed by atoms with Crippen LogP contribution in [-0.2, 0) is 16.4 Å². The van der Waals surface area contributed by atoms with E-state index >= 15 is 0 Å². The van der Waals surface area contributed by atoms with Crippen molar-refractivity contribution in [3.63, 3.8) is 0 Å². The Hall–Kier alpha value is -4.07. The topological polar surface area (TPSA) is 76.1 Å². The fourth-order valence-electron chi connectivity index (χ4n) is 4.36. The maximum absolute atomic E-state index is 13.5. The van der Waals surface area contributed by atoms with E-state index in [0.29, 0.717) is 10.5 Å². The summed E-state index contributed by atoms with van der Waals surface area (Å²) in [7, 11) is -3.71. The average Bonchev–Trinajstić information content (AvgIpc) is 3.30. The number of sulfone groups is 1. The number of benzene rings is 4. The highest BCUT2D eigenvalue weighted by atomic mass is 32.2. The van der Waals surface area contributed by atoms with Gasteiger partial charge in [-0.25, -0.2) is 8.42 Å². The quantitative estimate of drug-likeness (QED) is 0.294. The van der Waals surface area contributed by atoms with Crippen molar-refractivity contribution in [3.8, 4) is 0 Å². The number of nitrogens with one attached hydrogen (secondary N) is 1. The molecular weight excluding hydrogens is 488 g/mol. The Bertz CT molecular complexity index is 1870. The maximum Gasteiger partial charge on any atom is 0.251 e. The lowest BCUT2D eigenvalue weighted by atomic mass is 10.1. The molecule has 0 aliphatic carbocycles. The summed E-state index contributed by atoms with van der Waals surface area (Å²) >= 11 is 1.49. The van der Waals surface area contributed by atoms with Gasteiger partial charge in [-0.1, -0.05) is 48.5 Å². The Labute approximate surface area is 212 Å². The number of hydrogen-bond donors (Lipinski definition) is 1. The van der Waals surface area contributed by atoms with E-state index in [1.54, 1.807) is 54.9 Å². The molecule has 176 valence electrons. The highest BCUT2D eigenvalue weighted by Crippen LogP contribution is 2.39. The second-order valence-electron chi connectivity index (χ2n) is 8.50. The molecule has 2 aromatic heterocycles. The SMILES string of the molecule is O=C(NCc1ccc(S(=O)(=O)c2cccc3c2sc2ccccc23)cc1)c1ccc2ccncc2c1. The summed E-state index contributed by atoms with van der Waals surface area (Å²) < 4.78 is 28.9. The predicted octanol–water partition coefficient (Wildman–Crippen LogP) is 6.37. The van der Waals surface area contributed by atoms with E-state index in [1.807, 2.05) is 48.5 Å². The van der Waals surface area contributed by atoms with Crippen LogP contribution in [0.1, 0.15) is 15.9 Å². The Kier molecular flexibility index (Phi) is 5.51. The molecule has 2 heterocycles. The van der Waals surface area contributed by atoms with E-state index < -0.39 is 9.84 Å². The smallest absolute Gasteiger partial charge is 0.251 e. The van der Waals surface area contributed by atoms with Gasteiger partial charge in [0.25, 0.3) is 5.91 Å². The molecule has 7 heteroatoms. The van der Waals surface area contributed by atoms with E-state index in [4.69, 9.17) is 0 Å². The van der Waals surface area contributed by atoms with Gasteiger partial charge in [0.2, 0.25) is 9.84 Å². The molecular formula is C29H20N2O3S2. The first-order chi connectivity index (χ1) is 17.5. The molecule has 0 fully saturated rings. The van der Waals surface area contributed by atoms with Crippen LogP contribution in [0.3, 0.4) is 0 Å². The van der Waals surface area contributed by atoms with Crippen molar-refractivity contribution >= 4 is 58.0 Å². The molecule has 0 atom stereocenters. The van der Waals surface area contributed by atoms with Crippen LogP contribution in [0.15, 0.2) is 113 Å². The summed E-state index contributed by atoms with van der Waals surface area (Å²) in [5.41, 5.74) is 1.36. The van der Waals surface area contributed by atoms with Gasteiger partial charge in [0, 0.05) is 45.4 Å². The van der Waals surface area contributed by atoms with Gasteiger partial charge >= 0.3 is 0 Å². The van der Waals surface area contributed by atoms with Crippen LogP contribution in [0, 0.1) is 0 Å². The summed E-state index contributed by atoms with van der Waals surface area (Å²) in [6.07, 6.45) is 3.44. The van der Waals surface area contributed by atoms with E-state index in [1.165, 1.54) is 11.3 Å². The average molecular weight is 509 g/mol. The van der Waals surface area contributed by atoms with Gasteiger partial charge in [0.05, 0.1) is 14.5 Å². The second kappa shape index (κ2) is 8.86. The van der Waals surface area contributed by atoms with Crippen molar-refractivity contribution in [1.82, 2.24) is 10.3 Å². The van der Waals surface area contributed by atoms with Gasteiger partial charge in [-0.15, -0.1) is 11.3 Å². The maximum atomic E-state index is 13.5. The minimum absolute atomic E-state index is 0.200. The van der Waals surface area contributed by atoms with Crippen LogP contribution in [0.2, 0.25) is 0 Å². The minimum Gasteiger partial charge on any atom is -0.348 e. The van der Waals surface area contributed by atoms with Crippen LogP contribution < -0.4 is 5.32 Å². The molecule has 0 radical (unpaired) electrons. The summed E-state index contributed by atoms with van der Waals surface area (Å²) in [5.74, 6) is -0.200. The third-order valence-electron chi connectivity index (χ3n) is 6.25. The van der Waals surface area contributed by atoms with Crippen LogP contribution >= 0.6 is 11.3 Å². The predicted molar refractivity (Wildman–Crippen MR) is 144 cm³/mol. The second-order valence-corrected chi connectivity index (χ2v) is 11.5. The van der Waals surface area contributed by atoms with Crippen molar-refractivity contribution in [2.45, 2.75) is 16.3 Å². The standard InChI is InChI=1S/C29H20N2O3S2/c32-29(21-11-10-20-14-15-30-18-22(20)16-21)31-17-19-8-12-23(13-9-19)36(33,34)27-7-3-5-25-24-4-1-2-6-26(24)35-28(25)27/h1-16,18H,17H2,(H,31,32). The monoisotopic (exact) mass is 508 g/mol. The first-order valence-electron chi connectivity index (χ1n) is 11.4. The molecule has 6 rings (SSSR count). The molecule has 6 aromatic rings. The van der Waals surface area contributed by atoms with Crippen LogP contribution in [0.5, 0.6) is 0 Å². The highest BCUT2D eigenvalue weighted by molar-refractivity contribution is 7.92. The van der Waals surface area contributed by atoms with Crippen molar-refractivity contribution < 1.29 is 13.2 Å². The number of nitrogens with zero attached hydrogens (tertiary/aromatic N) is 1. The zero-order chi connectivity index (χ0) is 24.7. The van der Waals surface area contributed by atoms with Crippen LogP contribution in [0.25, 0.3) is 30.9 Å². The van der Waals surface area contributed by atoms with Crippen molar-refractivity contribution in [2.75, 3.05) is 0 Å². The first kappa shape index (κ1) is 22.4. The van der Waals surface area contributed by atoms with Crippen molar-refractivity contribution in [2.24, 2.45) is 0 Å². The van der Waals surface area contributed by atoms with Gasteiger partial charge in [-0.05, 0) is 53.4 Å². The van der Waals surface area contributed by atoms with Gasteiger partial charge in [-0.2, -0.15) is 0 Å². The fourth-order valence-corrected chi connectivity index (χ4v) is 7.28. The summed E-state index contributed by atoms with van der Waals surface area (Å²) in [6, 6.07) is 27.4. The lowest BCUT2D eigenvalue weighted by molar-refractivity contribution is 0.0951. The van der Waals surface area contributed by atoms with Crippen LogP contribution in [-0.4, -0.2) is 19.3 Å². The van der Waals surface area contributed by atoms with Gasteiger partial charge in [-0.3, -0.25) is 9.78 Å². The largest absolute Gasteiger partial charge is 0.348 e. The van der Waals surface area contributed by atoms with E-state index in [-0.39, 0.29) is 17.3 Å². The van der Waals surface area contributed by atoms with Crippen molar-refractivity contribution in [3.05, 3.63) is 115 Å². The number of thiophene rings is 1. The summed E-state index contributed by atoms with van der Waals surface area (Å²) in [5, 5.41) is 6.82. The van der Waals surface area contributed by atoms with E-state index in [0.717, 1.165) is 36.5 Å². The molecule has 0 spiro atoms. The molecule has 0 saturated heterocycles. The fraction of sp³-hybridized carbons (Fsp3) is 0.0345. The number of rotatable bonds is 5. The Morgan fingerprint density at radius 1 is 0.833 bits per heavy atom. The zero-order valence-corrected chi connectivity index (χ0v) is 20.6. The van der Waals surface area contributed by atoms with Gasteiger partial charge in [0.15, 0.2) is 0 Å². The number of pyridine rings is 1. The molecule has 0 aliphatic rings. The van der Waals surface area contributed by atoms with Crippen LogP contribution in [0.4, 0.5) is 0 Å².